The summed E-state index contributed by atoms with van der Waals surface area (Å²) in [5.74, 6) is -5.41. The number of rotatable bonds is 8. The number of anilines is 2. The Morgan fingerprint density at radius 1 is 0.940 bits per heavy atom. The number of ether oxygens (including phenoxy) is 2. The van der Waals surface area contributed by atoms with Crippen LogP contribution in [-0.2, 0) is 19.2 Å². The number of phenols is 1. The van der Waals surface area contributed by atoms with E-state index in [4.69, 9.17) is 9.47 Å². The van der Waals surface area contributed by atoms with E-state index in [1.807, 2.05) is 0 Å². The Morgan fingerprint density at radius 2 is 1.54 bits per heavy atom. The lowest BCUT2D eigenvalue weighted by atomic mass is 9.60. The van der Waals surface area contributed by atoms with Crippen LogP contribution >= 0.6 is 0 Å². The third-order valence-corrected chi connectivity index (χ3v) is 9.75. The van der Waals surface area contributed by atoms with Gasteiger partial charge < -0.3 is 19.5 Å². The lowest BCUT2D eigenvalue weighted by Gasteiger charge is -2.41. The number of nitro benzene ring substituents is 2. The smallest absolute Gasteiger partial charge is 0.301 e. The molecule has 258 valence electrons. The van der Waals surface area contributed by atoms with Crippen molar-refractivity contribution in [1.29, 1.82) is 0 Å². The minimum atomic E-state index is -1.01. The Hall–Kier alpha value is -6.12. The van der Waals surface area contributed by atoms with Gasteiger partial charge in [0.2, 0.25) is 17.6 Å². The summed E-state index contributed by atoms with van der Waals surface area (Å²) in [6.45, 7) is 1.53. The number of methoxy groups -OCH3 is 2. The van der Waals surface area contributed by atoms with Gasteiger partial charge in [0.25, 0.3) is 0 Å². The topological polar surface area (TPSA) is 200 Å². The minimum Gasteiger partial charge on any atom is -0.502 e. The molecule has 2 amide bonds. The fraction of sp³-hybridized carbons (Fsp3) is 0.314. The first-order valence-electron chi connectivity index (χ1n) is 15.6. The van der Waals surface area contributed by atoms with Crippen molar-refractivity contribution in [2.24, 2.45) is 23.7 Å². The second kappa shape index (κ2) is 12.4. The third-order valence-electron chi connectivity index (χ3n) is 9.75. The van der Waals surface area contributed by atoms with Gasteiger partial charge in [0, 0.05) is 48.9 Å². The number of hydrogen-bond acceptors (Lipinski definition) is 12. The molecule has 1 saturated heterocycles. The van der Waals surface area contributed by atoms with Crippen molar-refractivity contribution < 1.29 is 43.6 Å². The van der Waals surface area contributed by atoms with Crippen LogP contribution in [0.15, 0.2) is 64.8 Å². The number of imide groups is 1. The number of carbonyl (C=O) groups excluding carboxylic acids is 4. The van der Waals surface area contributed by atoms with Crippen molar-refractivity contribution in [3.05, 3.63) is 90.6 Å². The summed E-state index contributed by atoms with van der Waals surface area (Å²) in [6, 6.07) is 5.08. The predicted octanol–water partition coefficient (Wildman–Crippen LogP) is 4.47. The van der Waals surface area contributed by atoms with Crippen LogP contribution in [-0.4, -0.2) is 66.6 Å². The zero-order valence-corrected chi connectivity index (χ0v) is 27.7. The average Bonchev–Trinajstić information content (AvgIpc) is 3.34. The standard InChI is InChI=1S/C35H32N4O11/c1-16-10-26(40)29-20(7-6-17-11-27(49-4)33(42)28(12-17)50-5)19-8-9-21-30(22(19)15-23(29)32(16)41)35(44)37(34(21)43)18-13-24(38(45)46)31(36(2)3)25(14-18)39(47)48/h6-8,10-14,20-22,30,42H,9,15H2,1-5H3/t20-,21-,22+,30-/m0/s1. The maximum atomic E-state index is 14.3. The summed E-state index contributed by atoms with van der Waals surface area (Å²) < 4.78 is 10.5. The molecular weight excluding hydrogens is 652 g/mol. The highest BCUT2D eigenvalue weighted by molar-refractivity contribution is 6.25. The van der Waals surface area contributed by atoms with Crippen LogP contribution in [0, 0.1) is 43.9 Å². The van der Waals surface area contributed by atoms with Crippen LogP contribution in [0.2, 0.25) is 0 Å². The molecule has 6 rings (SSSR count). The van der Waals surface area contributed by atoms with E-state index in [0.717, 1.165) is 17.0 Å². The molecule has 3 aliphatic carbocycles. The maximum absolute atomic E-state index is 14.3. The van der Waals surface area contributed by atoms with E-state index in [1.165, 1.54) is 46.2 Å². The number of carbonyl (C=O) groups is 4. The van der Waals surface area contributed by atoms with Gasteiger partial charge in [0.15, 0.2) is 28.8 Å². The van der Waals surface area contributed by atoms with Crippen LogP contribution in [0.5, 0.6) is 17.2 Å². The molecular formula is C35H32N4O11. The fourth-order valence-corrected chi connectivity index (χ4v) is 7.59. The molecule has 0 spiro atoms. The lowest BCUT2D eigenvalue weighted by Crippen LogP contribution is -2.40. The number of phenolic OH excluding ortho intramolecular Hbond substituents is 1. The van der Waals surface area contributed by atoms with E-state index in [-0.39, 0.29) is 69.8 Å². The normalized spacial score (nSPS) is 22.9. The second-order valence-electron chi connectivity index (χ2n) is 12.7. The number of hydrogen-bond donors (Lipinski definition) is 1. The van der Waals surface area contributed by atoms with Gasteiger partial charge in [-0.15, -0.1) is 0 Å². The molecule has 1 N–H and O–H groups in total. The van der Waals surface area contributed by atoms with Crippen LogP contribution in [0.4, 0.5) is 22.7 Å². The van der Waals surface area contributed by atoms with Crippen LogP contribution < -0.4 is 19.3 Å². The third kappa shape index (κ3) is 5.21. The number of Topliss-reactive ketones (excluding diaryl/α,β-unsaturated/α-hetero) is 1. The van der Waals surface area contributed by atoms with Crippen LogP contribution in [0.1, 0.15) is 25.3 Å². The number of aromatic hydroxyl groups is 1. The molecule has 15 nitrogen and oxygen atoms in total. The lowest BCUT2D eigenvalue weighted by molar-refractivity contribution is -0.392. The molecule has 4 aliphatic rings. The quantitative estimate of drug-likeness (QED) is 0.135. The SMILES string of the molecule is COc1cc(C=C[C@H]2C3=CC[C@@H]4C(=O)N(c5cc([N+](=O)[O-])c(N(C)C)c([N+](=O)[O-])c5)C(=O)[C@@H]4[C@@H]3CC3=C2C(=O)C=C(C)C3=O)cc(OC)c1O. The van der Waals surface area contributed by atoms with Crippen LogP contribution in [0.25, 0.3) is 6.08 Å². The van der Waals surface area contributed by atoms with Gasteiger partial charge in [0.05, 0.1) is 41.6 Å². The maximum Gasteiger partial charge on any atom is 0.301 e. The molecule has 0 unspecified atom stereocenters. The number of amides is 2. The van der Waals surface area contributed by atoms with E-state index in [1.54, 1.807) is 30.4 Å². The largest absolute Gasteiger partial charge is 0.502 e. The average molecular weight is 685 g/mol. The number of ketones is 2. The van der Waals surface area contributed by atoms with Gasteiger partial charge in [-0.25, -0.2) is 4.90 Å². The number of nitro groups is 2. The zero-order chi connectivity index (χ0) is 36.3. The molecule has 4 atom stereocenters. The monoisotopic (exact) mass is 684 g/mol. The molecule has 0 aromatic heterocycles. The van der Waals surface area contributed by atoms with Gasteiger partial charge in [-0.3, -0.25) is 39.4 Å². The number of nitrogens with zero attached hydrogens (tertiary/aromatic N) is 4. The van der Waals surface area contributed by atoms with Crippen molar-refractivity contribution in [2.75, 3.05) is 38.1 Å². The number of benzene rings is 2. The van der Waals surface area contributed by atoms with Crippen molar-refractivity contribution in [3.8, 4) is 17.2 Å². The molecule has 1 heterocycles. The summed E-state index contributed by atoms with van der Waals surface area (Å²) in [4.78, 5) is 79.7. The Balaban J connectivity index is 1.45. The number of fused-ring (bicyclic) bond motifs is 3. The van der Waals surface area contributed by atoms with Crippen molar-refractivity contribution in [3.63, 3.8) is 0 Å². The Kier molecular flexibility index (Phi) is 8.37. The summed E-state index contributed by atoms with van der Waals surface area (Å²) in [6.07, 6.45) is 6.55. The molecule has 1 fully saturated rings. The molecule has 0 radical (unpaired) electrons. The molecule has 50 heavy (non-hydrogen) atoms. The predicted molar refractivity (Wildman–Crippen MR) is 179 cm³/mol. The Labute approximate surface area is 285 Å². The molecule has 2 aromatic rings. The van der Waals surface area contributed by atoms with E-state index in [0.29, 0.717) is 11.1 Å². The molecule has 2 aromatic carbocycles. The van der Waals surface area contributed by atoms with Gasteiger partial charge in [0.1, 0.15) is 0 Å². The van der Waals surface area contributed by atoms with E-state index in [2.05, 4.69) is 0 Å². The van der Waals surface area contributed by atoms with E-state index >= 15 is 0 Å². The molecule has 1 aliphatic heterocycles. The van der Waals surface area contributed by atoms with Gasteiger partial charge in [-0.2, -0.15) is 0 Å². The molecule has 0 saturated carbocycles. The zero-order valence-electron chi connectivity index (χ0n) is 27.7. The first kappa shape index (κ1) is 33.8. The molecule has 0 bridgehead atoms. The fourth-order valence-electron chi connectivity index (χ4n) is 7.59. The summed E-state index contributed by atoms with van der Waals surface area (Å²) >= 11 is 0. The van der Waals surface area contributed by atoms with E-state index < -0.39 is 56.7 Å². The van der Waals surface area contributed by atoms with Crippen molar-refractivity contribution >= 4 is 52.2 Å². The second-order valence-corrected chi connectivity index (χ2v) is 12.7. The van der Waals surface area contributed by atoms with Gasteiger partial charge >= 0.3 is 11.4 Å². The first-order chi connectivity index (χ1) is 23.7. The highest BCUT2D eigenvalue weighted by atomic mass is 16.6. The number of allylic oxidation sites excluding steroid dienone is 7. The Morgan fingerprint density at radius 3 is 2.08 bits per heavy atom. The van der Waals surface area contributed by atoms with Crippen molar-refractivity contribution in [2.45, 2.75) is 19.8 Å². The highest BCUT2D eigenvalue weighted by Gasteiger charge is 2.56. The van der Waals surface area contributed by atoms with E-state index in [9.17, 15) is 44.5 Å². The van der Waals surface area contributed by atoms with Gasteiger partial charge in [-0.1, -0.05) is 23.8 Å². The first-order valence-corrected chi connectivity index (χ1v) is 15.6. The summed E-state index contributed by atoms with van der Waals surface area (Å²) in [5.41, 5.74) is 0.0199. The Bertz CT molecular complexity index is 2000. The summed E-state index contributed by atoms with van der Waals surface area (Å²) in [5, 5.41) is 34.4. The minimum absolute atomic E-state index is 0.00396. The highest BCUT2D eigenvalue weighted by Crippen LogP contribution is 2.54. The molecule has 15 heteroatoms. The summed E-state index contributed by atoms with van der Waals surface area (Å²) in [7, 11) is 5.57. The van der Waals surface area contributed by atoms with Crippen molar-refractivity contribution in [1.82, 2.24) is 0 Å². The van der Waals surface area contributed by atoms with Crippen LogP contribution in [0.3, 0.4) is 0 Å². The van der Waals surface area contributed by atoms with Gasteiger partial charge in [-0.05, 0) is 49.5 Å².